The highest BCUT2D eigenvalue weighted by Gasteiger charge is 2.34. The van der Waals surface area contributed by atoms with E-state index in [-0.39, 0.29) is 12.0 Å². The molecule has 1 fully saturated rings. The molecular formula is C17H23NO3. The van der Waals surface area contributed by atoms with Crippen LogP contribution in [-0.4, -0.2) is 40.8 Å². The zero-order valence-electron chi connectivity index (χ0n) is 12.3. The first-order valence-electron chi connectivity index (χ1n) is 7.35. The molecule has 2 rings (SSSR count). The molecule has 1 unspecified atom stereocenters. The third kappa shape index (κ3) is 3.71. The highest BCUT2D eigenvalue weighted by atomic mass is 16.4. The van der Waals surface area contributed by atoms with Crippen LogP contribution in [0.3, 0.4) is 0 Å². The Morgan fingerprint density at radius 3 is 2.86 bits per heavy atom. The van der Waals surface area contributed by atoms with Gasteiger partial charge in [-0.05, 0) is 37.4 Å². The highest BCUT2D eigenvalue weighted by Crippen LogP contribution is 2.34. The molecule has 0 radical (unpaired) electrons. The molecule has 1 aliphatic heterocycles. The maximum Gasteiger partial charge on any atom is 0.336 e. The summed E-state index contributed by atoms with van der Waals surface area (Å²) in [4.78, 5) is 13.5. The highest BCUT2D eigenvalue weighted by molar-refractivity contribution is 5.89. The maximum absolute atomic E-state index is 11.3. The lowest BCUT2D eigenvalue weighted by atomic mass is 9.77. The fraction of sp³-hybridized carbons (Fsp3) is 0.471. The number of carboxylic acids is 1. The lowest BCUT2D eigenvalue weighted by molar-refractivity contribution is 0.0306. The first-order chi connectivity index (χ1) is 10.1. The summed E-state index contributed by atoms with van der Waals surface area (Å²) in [6.07, 6.45) is 4.67. The Labute approximate surface area is 125 Å². The van der Waals surface area contributed by atoms with E-state index in [1.165, 1.54) is 0 Å². The second-order valence-corrected chi connectivity index (χ2v) is 5.93. The van der Waals surface area contributed by atoms with Crippen molar-refractivity contribution in [3.8, 4) is 0 Å². The Balaban J connectivity index is 2.13. The molecule has 1 aromatic rings. The molecule has 21 heavy (non-hydrogen) atoms. The lowest BCUT2D eigenvalue weighted by Crippen LogP contribution is -2.44. The molecule has 1 saturated heterocycles. The SMILES string of the molecule is C=CCC1(CO)CCCN(Cc2ccccc2C(=O)O)C1. The van der Waals surface area contributed by atoms with Gasteiger partial charge in [-0.15, -0.1) is 6.58 Å². The topological polar surface area (TPSA) is 60.8 Å². The van der Waals surface area contributed by atoms with Crippen LogP contribution in [-0.2, 0) is 6.54 Å². The molecule has 4 heteroatoms. The van der Waals surface area contributed by atoms with Crippen LogP contribution < -0.4 is 0 Å². The number of carboxylic acid groups (broad SMARTS) is 1. The quantitative estimate of drug-likeness (QED) is 0.790. The van der Waals surface area contributed by atoms with E-state index in [0.29, 0.717) is 12.1 Å². The van der Waals surface area contributed by atoms with Gasteiger partial charge in [0.15, 0.2) is 0 Å². The molecule has 0 aliphatic carbocycles. The summed E-state index contributed by atoms with van der Waals surface area (Å²) in [5.41, 5.74) is 1.07. The van der Waals surface area contributed by atoms with Gasteiger partial charge in [0.05, 0.1) is 12.2 Å². The van der Waals surface area contributed by atoms with Crippen molar-refractivity contribution in [2.24, 2.45) is 5.41 Å². The lowest BCUT2D eigenvalue weighted by Gasteiger charge is -2.41. The van der Waals surface area contributed by atoms with Gasteiger partial charge in [-0.2, -0.15) is 0 Å². The number of piperidine rings is 1. The van der Waals surface area contributed by atoms with E-state index >= 15 is 0 Å². The van der Waals surface area contributed by atoms with Gasteiger partial charge < -0.3 is 10.2 Å². The summed E-state index contributed by atoms with van der Waals surface area (Å²) in [7, 11) is 0. The van der Waals surface area contributed by atoms with Crippen LogP contribution in [0.15, 0.2) is 36.9 Å². The minimum Gasteiger partial charge on any atom is -0.478 e. The molecular weight excluding hydrogens is 266 g/mol. The molecule has 1 atom stereocenters. The number of likely N-dealkylation sites (tertiary alicyclic amines) is 1. The first-order valence-corrected chi connectivity index (χ1v) is 7.35. The van der Waals surface area contributed by atoms with Gasteiger partial charge in [0, 0.05) is 18.5 Å². The average molecular weight is 289 g/mol. The summed E-state index contributed by atoms with van der Waals surface area (Å²) < 4.78 is 0. The number of carbonyl (C=O) groups is 1. The van der Waals surface area contributed by atoms with Crippen LogP contribution in [0.25, 0.3) is 0 Å². The second kappa shape index (κ2) is 6.87. The van der Waals surface area contributed by atoms with E-state index in [2.05, 4.69) is 11.5 Å². The molecule has 0 amide bonds. The van der Waals surface area contributed by atoms with Crippen molar-refractivity contribution in [2.45, 2.75) is 25.8 Å². The van der Waals surface area contributed by atoms with E-state index in [0.717, 1.165) is 37.9 Å². The van der Waals surface area contributed by atoms with Gasteiger partial charge >= 0.3 is 5.97 Å². The second-order valence-electron chi connectivity index (χ2n) is 5.93. The van der Waals surface area contributed by atoms with E-state index < -0.39 is 5.97 Å². The van der Waals surface area contributed by atoms with Crippen LogP contribution in [0.5, 0.6) is 0 Å². The minimum atomic E-state index is -0.887. The van der Waals surface area contributed by atoms with Crippen molar-refractivity contribution in [2.75, 3.05) is 19.7 Å². The Morgan fingerprint density at radius 2 is 2.19 bits per heavy atom. The van der Waals surface area contributed by atoms with Gasteiger partial charge in [-0.3, -0.25) is 4.90 Å². The molecule has 1 aromatic carbocycles. The standard InChI is InChI=1S/C17H23NO3/c1-2-8-17(13-19)9-5-10-18(12-17)11-14-6-3-4-7-15(14)16(20)21/h2-4,6-7,19H,1,5,8-13H2,(H,20,21). The van der Waals surface area contributed by atoms with Crippen molar-refractivity contribution in [3.63, 3.8) is 0 Å². The molecule has 0 aromatic heterocycles. The Morgan fingerprint density at radius 1 is 1.43 bits per heavy atom. The third-order valence-electron chi connectivity index (χ3n) is 4.29. The number of aliphatic hydroxyl groups is 1. The molecule has 0 saturated carbocycles. The van der Waals surface area contributed by atoms with Crippen LogP contribution in [0, 0.1) is 5.41 Å². The molecule has 114 valence electrons. The van der Waals surface area contributed by atoms with Crippen LogP contribution in [0.1, 0.15) is 35.2 Å². The van der Waals surface area contributed by atoms with Crippen LogP contribution in [0.2, 0.25) is 0 Å². The van der Waals surface area contributed by atoms with Gasteiger partial charge in [-0.1, -0.05) is 24.3 Å². The van der Waals surface area contributed by atoms with E-state index in [1.807, 2.05) is 18.2 Å². The number of hydrogen-bond donors (Lipinski definition) is 2. The molecule has 4 nitrogen and oxygen atoms in total. The predicted molar refractivity (Wildman–Crippen MR) is 82.2 cm³/mol. The fourth-order valence-electron chi connectivity index (χ4n) is 3.22. The van der Waals surface area contributed by atoms with E-state index in [1.54, 1.807) is 12.1 Å². The number of hydrogen-bond acceptors (Lipinski definition) is 3. The van der Waals surface area contributed by atoms with Crippen molar-refractivity contribution < 1.29 is 15.0 Å². The number of aliphatic hydroxyl groups excluding tert-OH is 1. The molecule has 0 bridgehead atoms. The van der Waals surface area contributed by atoms with E-state index in [4.69, 9.17) is 0 Å². The molecule has 1 aliphatic rings. The molecule has 0 spiro atoms. The van der Waals surface area contributed by atoms with Gasteiger partial charge in [-0.25, -0.2) is 4.79 Å². The van der Waals surface area contributed by atoms with Gasteiger partial charge in [0.25, 0.3) is 0 Å². The zero-order valence-corrected chi connectivity index (χ0v) is 12.3. The summed E-state index contributed by atoms with van der Waals surface area (Å²) in [5.74, 6) is -0.887. The number of allylic oxidation sites excluding steroid dienone is 1. The predicted octanol–water partition coefficient (Wildman–Crippen LogP) is 2.54. The van der Waals surface area contributed by atoms with Gasteiger partial charge in [0.2, 0.25) is 0 Å². The van der Waals surface area contributed by atoms with E-state index in [9.17, 15) is 15.0 Å². The molecule has 1 heterocycles. The molecule has 2 N–H and O–H groups in total. The normalized spacial score (nSPS) is 22.9. The smallest absolute Gasteiger partial charge is 0.336 e. The van der Waals surface area contributed by atoms with Crippen molar-refractivity contribution in [1.82, 2.24) is 4.90 Å². The summed E-state index contributed by atoms with van der Waals surface area (Å²) >= 11 is 0. The summed E-state index contributed by atoms with van der Waals surface area (Å²) in [5, 5.41) is 19.0. The first kappa shape index (κ1) is 15.7. The Bertz CT molecular complexity index is 515. The van der Waals surface area contributed by atoms with Crippen molar-refractivity contribution >= 4 is 5.97 Å². The maximum atomic E-state index is 11.3. The largest absolute Gasteiger partial charge is 0.478 e. The van der Waals surface area contributed by atoms with Gasteiger partial charge in [0.1, 0.15) is 0 Å². The fourth-order valence-corrected chi connectivity index (χ4v) is 3.22. The number of rotatable bonds is 6. The zero-order chi connectivity index (χ0) is 15.3. The van der Waals surface area contributed by atoms with Crippen molar-refractivity contribution in [1.29, 1.82) is 0 Å². The van der Waals surface area contributed by atoms with Crippen molar-refractivity contribution in [3.05, 3.63) is 48.0 Å². The van der Waals surface area contributed by atoms with Crippen LogP contribution >= 0.6 is 0 Å². The average Bonchev–Trinajstić information content (AvgIpc) is 2.48. The third-order valence-corrected chi connectivity index (χ3v) is 4.29. The minimum absolute atomic E-state index is 0.127. The number of aromatic carboxylic acids is 1. The number of nitrogens with zero attached hydrogens (tertiary/aromatic N) is 1. The number of benzene rings is 1. The Hall–Kier alpha value is -1.65. The summed E-state index contributed by atoms with van der Waals surface area (Å²) in [6, 6.07) is 7.13. The monoisotopic (exact) mass is 289 g/mol. The summed E-state index contributed by atoms with van der Waals surface area (Å²) in [6.45, 7) is 6.27. The van der Waals surface area contributed by atoms with Crippen LogP contribution in [0.4, 0.5) is 0 Å². The Kier molecular flexibility index (Phi) is 5.15.